The van der Waals surface area contributed by atoms with Crippen molar-refractivity contribution in [2.24, 2.45) is 0 Å². The van der Waals surface area contributed by atoms with Gasteiger partial charge in [0.15, 0.2) is 5.82 Å². The Balaban J connectivity index is 1.46. The van der Waals surface area contributed by atoms with Gasteiger partial charge >= 0.3 is 0 Å². The molecule has 10 heteroatoms. The molecule has 0 saturated heterocycles. The van der Waals surface area contributed by atoms with Crippen LogP contribution in [0.1, 0.15) is 40.4 Å². The van der Waals surface area contributed by atoms with Gasteiger partial charge in [0.05, 0.1) is 22.6 Å². The molecule has 10 nitrogen and oxygen atoms in total. The molecule has 3 aromatic heterocycles. The van der Waals surface area contributed by atoms with Crippen LogP contribution in [0.15, 0.2) is 83.8 Å². The second-order valence-corrected chi connectivity index (χ2v) is 9.13. The number of nitrogens with two attached hydrogens (primary N) is 1. The Bertz CT molecular complexity index is 1900. The van der Waals surface area contributed by atoms with Crippen molar-refractivity contribution >= 4 is 34.6 Å². The number of nitrogens with one attached hydrogen (secondary N) is 2. The molecule has 196 valence electrons. The van der Waals surface area contributed by atoms with E-state index in [9.17, 15) is 9.59 Å². The minimum Gasteiger partial charge on any atom is -0.381 e. The molecule has 1 aliphatic heterocycles. The van der Waals surface area contributed by atoms with Crippen molar-refractivity contribution in [3.8, 4) is 17.5 Å². The van der Waals surface area contributed by atoms with Crippen molar-refractivity contribution in [3.05, 3.63) is 112 Å². The molecule has 0 fully saturated rings. The van der Waals surface area contributed by atoms with E-state index < -0.39 is 11.9 Å². The highest BCUT2D eigenvalue weighted by atomic mass is 16.2. The van der Waals surface area contributed by atoms with E-state index in [-0.39, 0.29) is 16.9 Å². The average molecular weight is 529 g/mol. The molecule has 4 heterocycles. The Kier molecular flexibility index (Phi) is 6.30. The molecular weight excluding hydrogens is 504 g/mol. The third-order valence-electron chi connectivity index (χ3n) is 6.46. The molecule has 0 saturated carbocycles. The molecule has 0 aliphatic carbocycles. The topological polar surface area (TPSA) is 133 Å². The molecule has 1 atom stereocenters. The van der Waals surface area contributed by atoms with Gasteiger partial charge in [-0.1, -0.05) is 36.3 Å². The fourth-order valence-corrected chi connectivity index (χ4v) is 4.63. The van der Waals surface area contributed by atoms with Crippen LogP contribution >= 0.6 is 0 Å². The predicted molar refractivity (Wildman–Crippen MR) is 154 cm³/mol. The van der Waals surface area contributed by atoms with Crippen LogP contribution in [0.2, 0.25) is 0 Å². The Labute approximate surface area is 229 Å². The van der Waals surface area contributed by atoms with Crippen molar-refractivity contribution in [2.45, 2.75) is 13.0 Å². The van der Waals surface area contributed by atoms with Gasteiger partial charge in [-0.2, -0.15) is 0 Å². The fourth-order valence-electron chi connectivity index (χ4n) is 4.63. The smallest absolute Gasteiger partial charge is 0.267 e. The number of rotatable bonds is 4. The maximum absolute atomic E-state index is 14.1. The van der Waals surface area contributed by atoms with E-state index in [0.29, 0.717) is 46.0 Å². The summed E-state index contributed by atoms with van der Waals surface area (Å²) in [6, 6.07) is 19.3. The number of carbonyl (C=O) groups is 1. The van der Waals surface area contributed by atoms with E-state index in [1.54, 1.807) is 43.6 Å². The third kappa shape index (κ3) is 4.46. The fraction of sp³-hybridized carbons (Fsp3) is 0.100. The second-order valence-electron chi connectivity index (χ2n) is 9.13. The lowest BCUT2D eigenvalue weighted by Gasteiger charge is -2.20. The van der Waals surface area contributed by atoms with Crippen molar-refractivity contribution in [2.75, 3.05) is 17.6 Å². The number of carbonyl (C=O) groups excluding carboxylic acids is 1. The Hall–Kier alpha value is -5.69. The van der Waals surface area contributed by atoms with Crippen molar-refractivity contribution in [3.63, 3.8) is 0 Å². The van der Waals surface area contributed by atoms with Gasteiger partial charge in [0.1, 0.15) is 22.9 Å². The highest BCUT2D eigenvalue weighted by Crippen LogP contribution is 2.26. The molecule has 6 rings (SSSR count). The molecule has 1 unspecified atom stereocenters. The summed E-state index contributed by atoms with van der Waals surface area (Å²) < 4.78 is 3.04. The number of pyridine rings is 1. The number of nitrogens with zero attached hydrogens (tertiary/aromatic N) is 5. The quantitative estimate of drug-likeness (QED) is 0.305. The lowest BCUT2D eigenvalue weighted by atomic mass is 10.1. The molecule has 4 N–H and O–H groups in total. The zero-order valence-corrected chi connectivity index (χ0v) is 21.5. The number of para-hydroxylation sites is 1. The first-order valence-corrected chi connectivity index (χ1v) is 12.6. The van der Waals surface area contributed by atoms with Crippen LogP contribution in [-0.2, 0) is 0 Å². The number of hydrogen-bond donors (Lipinski definition) is 3. The SMILES string of the molecule is CC(NC(=O)c1c(N)nn2c1NCC=C2)c1nc2cccc(C#Cc3ccccn3)c2c(=O)n1-c1ccccc1. The highest BCUT2D eigenvalue weighted by Gasteiger charge is 2.26. The van der Waals surface area contributed by atoms with Gasteiger partial charge in [-0.3, -0.25) is 14.2 Å². The number of nitrogen functional groups attached to an aromatic ring is 1. The molecule has 0 spiro atoms. The standard InChI is InChI=1S/C30H24N8O2/c1-19(34-29(39)25-26(31)36-37-18-8-17-33-28(25)37)27-35-23-13-7-9-20(14-15-21-10-5-6-16-32-21)24(23)30(40)38(27)22-11-3-2-4-12-22/h2-13,16,18-19,33H,17H2,1H3,(H2,31,36)(H,34,39). The number of fused-ring (bicyclic) bond motifs is 2. The summed E-state index contributed by atoms with van der Waals surface area (Å²) >= 11 is 0. The minimum atomic E-state index is -0.665. The summed E-state index contributed by atoms with van der Waals surface area (Å²) in [5.41, 5.74) is 8.23. The summed E-state index contributed by atoms with van der Waals surface area (Å²) in [6.07, 6.45) is 5.28. The highest BCUT2D eigenvalue weighted by molar-refractivity contribution is 6.04. The molecule has 40 heavy (non-hydrogen) atoms. The van der Waals surface area contributed by atoms with E-state index in [4.69, 9.17) is 10.7 Å². The first kappa shape index (κ1) is 24.6. The monoisotopic (exact) mass is 528 g/mol. The van der Waals surface area contributed by atoms with Crippen LogP contribution < -0.4 is 21.9 Å². The number of amides is 1. The molecule has 1 amide bonds. The average Bonchev–Trinajstić information content (AvgIpc) is 3.32. The van der Waals surface area contributed by atoms with E-state index in [0.717, 1.165) is 0 Å². The predicted octanol–water partition coefficient (Wildman–Crippen LogP) is 3.35. The van der Waals surface area contributed by atoms with E-state index in [1.807, 2.05) is 48.5 Å². The summed E-state index contributed by atoms with van der Waals surface area (Å²) in [5, 5.41) is 10.7. The largest absolute Gasteiger partial charge is 0.381 e. The van der Waals surface area contributed by atoms with E-state index in [1.165, 1.54) is 9.25 Å². The normalized spacial score (nSPS) is 12.6. The molecule has 0 bridgehead atoms. The van der Waals surface area contributed by atoms with Gasteiger partial charge in [-0.15, -0.1) is 5.10 Å². The summed E-state index contributed by atoms with van der Waals surface area (Å²) in [5.74, 6) is 6.65. The molecule has 0 radical (unpaired) electrons. The molecular formula is C30H24N8O2. The van der Waals surface area contributed by atoms with Crippen molar-refractivity contribution < 1.29 is 4.79 Å². The van der Waals surface area contributed by atoms with Crippen LogP contribution in [0.5, 0.6) is 0 Å². The number of benzene rings is 2. The maximum Gasteiger partial charge on any atom is 0.267 e. The number of hydrogen-bond acceptors (Lipinski definition) is 7. The van der Waals surface area contributed by atoms with Crippen LogP contribution in [-0.4, -0.2) is 36.8 Å². The maximum atomic E-state index is 14.1. The lowest BCUT2D eigenvalue weighted by Crippen LogP contribution is -2.34. The van der Waals surface area contributed by atoms with Crippen LogP contribution in [0, 0.1) is 11.8 Å². The Morgan fingerprint density at radius 2 is 1.90 bits per heavy atom. The minimum absolute atomic E-state index is 0.0989. The third-order valence-corrected chi connectivity index (χ3v) is 6.46. The lowest BCUT2D eigenvalue weighted by molar-refractivity contribution is 0.0939. The van der Waals surface area contributed by atoms with E-state index in [2.05, 4.69) is 32.6 Å². The van der Waals surface area contributed by atoms with E-state index >= 15 is 0 Å². The summed E-state index contributed by atoms with van der Waals surface area (Å²) in [7, 11) is 0. The first-order valence-electron chi connectivity index (χ1n) is 12.6. The molecule has 1 aliphatic rings. The van der Waals surface area contributed by atoms with Gasteiger partial charge in [0.2, 0.25) is 0 Å². The van der Waals surface area contributed by atoms with Crippen LogP contribution in [0.4, 0.5) is 11.6 Å². The van der Waals surface area contributed by atoms with Gasteiger partial charge in [-0.05, 0) is 55.3 Å². The van der Waals surface area contributed by atoms with Gasteiger partial charge in [0.25, 0.3) is 11.5 Å². The summed E-state index contributed by atoms with van der Waals surface area (Å²) in [4.78, 5) is 36.6. The van der Waals surface area contributed by atoms with Crippen molar-refractivity contribution in [1.82, 2.24) is 29.6 Å². The van der Waals surface area contributed by atoms with Gasteiger partial charge < -0.3 is 16.4 Å². The zero-order chi connectivity index (χ0) is 27.6. The van der Waals surface area contributed by atoms with Gasteiger partial charge in [-0.25, -0.2) is 14.6 Å². The van der Waals surface area contributed by atoms with Gasteiger partial charge in [0, 0.05) is 24.5 Å². The first-order chi connectivity index (χ1) is 19.5. The Morgan fingerprint density at radius 1 is 1.07 bits per heavy atom. The van der Waals surface area contributed by atoms with Crippen LogP contribution in [0.3, 0.4) is 0 Å². The number of aromatic nitrogens is 5. The number of anilines is 2. The van der Waals surface area contributed by atoms with Crippen molar-refractivity contribution in [1.29, 1.82) is 0 Å². The molecule has 5 aromatic rings. The summed E-state index contributed by atoms with van der Waals surface area (Å²) in [6.45, 7) is 2.32. The van der Waals surface area contributed by atoms with Crippen LogP contribution in [0.25, 0.3) is 22.8 Å². The second kappa shape index (κ2) is 10.2. The zero-order valence-electron chi connectivity index (χ0n) is 21.5. The molecule has 2 aromatic carbocycles. The Morgan fingerprint density at radius 3 is 2.70 bits per heavy atom.